The number of esters is 1. The Morgan fingerprint density at radius 3 is 3.06 bits per heavy atom. The molecule has 1 aromatic rings. The van der Waals surface area contributed by atoms with Gasteiger partial charge in [-0.2, -0.15) is 11.8 Å². The second kappa shape index (κ2) is 6.37. The Balaban J connectivity index is 2.70. The summed E-state index contributed by atoms with van der Waals surface area (Å²) in [6, 6.07) is 3.88. The van der Waals surface area contributed by atoms with Gasteiger partial charge in [0.1, 0.15) is 5.69 Å². The maximum atomic E-state index is 11.3. The van der Waals surface area contributed by atoms with Crippen molar-refractivity contribution in [3.8, 4) is 0 Å². The van der Waals surface area contributed by atoms with Crippen LogP contribution >= 0.6 is 11.8 Å². The Kier molecular flexibility index (Phi) is 5.11. The van der Waals surface area contributed by atoms with Gasteiger partial charge in [-0.25, -0.2) is 9.78 Å². The molecule has 0 bridgehead atoms. The smallest absolute Gasteiger partial charge is 0.356 e. The topological polar surface area (TPSA) is 51.2 Å². The number of rotatable bonds is 5. The number of pyridine rings is 1. The van der Waals surface area contributed by atoms with E-state index in [1.165, 1.54) is 7.11 Å². The zero-order valence-electron chi connectivity index (χ0n) is 9.69. The van der Waals surface area contributed by atoms with E-state index in [1.807, 2.05) is 6.07 Å². The molecule has 16 heavy (non-hydrogen) atoms. The highest BCUT2D eigenvalue weighted by Gasteiger charge is 2.08. The molecule has 4 nitrogen and oxygen atoms in total. The third-order valence-corrected chi connectivity index (χ3v) is 2.82. The van der Waals surface area contributed by atoms with Crippen LogP contribution in [0.15, 0.2) is 18.3 Å². The molecule has 1 heterocycles. The number of nitrogens with zero attached hydrogens (tertiary/aromatic N) is 1. The summed E-state index contributed by atoms with van der Waals surface area (Å²) in [4.78, 5) is 15.2. The van der Waals surface area contributed by atoms with Gasteiger partial charge >= 0.3 is 5.97 Å². The van der Waals surface area contributed by atoms with E-state index < -0.39 is 5.97 Å². The van der Waals surface area contributed by atoms with Crippen molar-refractivity contribution < 1.29 is 9.53 Å². The molecule has 1 aromatic heterocycles. The normalized spacial score (nSPS) is 11.9. The summed E-state index contributed by atoms with van der Waals surface area (Å²) in [7, 11) is 1.35. The van der Waals surface area contributed by atoms with Gasteiger partial charge in [-0.05, 0) is 25.3 Å². The van der Waals surface area contributed by atoms with Gasteiger partial charge in [0.15, 0.2) is 0 Å². The monoisotopic (exact) mass is 240 g/mol. The highest BCUT2D eigenvalue weighted by atomic mass is 32.2. The first kappa shape index (κ1) is 12.8. The summed E-state index contributed by atoms with van der Waals surface area (Å²) >= 11 is 1.77. The SMILES string of the molecule is COC(=O)c1cc(NC(C)CSC)ccn1. The van der Waals surface area contributed by atoms with Crippen molar-refractivity contribution in [2.24, 2.45) is 0 Å². The predicted molar refractivity (Wildman–Crippen MR) is 67.0 cm³/mol. The molecule has 1 atom stereocenters. The highest BCUT2D eigenvalue weighted by Crippen LogP contribution is 2.11. The van der Waals surface area contributed by atoms with Crippen LogP contribution in [-0.4, -0.2) is 36.1 Å². The molecular weight excluding hydrogens is 224 g/mol. The van der Waals surface area contributed by atoms with Gasteiger partial charge in [-0.15, -0.1) is 0 Å². The lowest BCUT2D eigenvalue weighted by Crippen LogP contribution is -2.18. The Labute approximate surface area is 99.8 Å². The largest absolute Gasteiger partial charge is 0.464 e. The number of carbonyl (C=O) groups is 1. The van der Waals surface area contributed by atoms with Crippen LogP contribution in [0.1, 0.15) is 17.4 Å². The molecule has 1 N–H and O–H groups in total. The van der Waals surface area contributed by atoms with E-state index in [2.05, 4.69) is 28.2 Å². The van der Waals surface area contributed by atoms with E-state index >= 15 is 0 Å². The molecule has 0 saturated heterocycles. The van der Waals surface area contributed by atoms with Crippen LogP contribution in [0.5, 0.6) is 0 Å². The minimum Gasteiger partial charge on any atom is -0.464 e. The molecule has 88 valence electrons. The number of ether oxygens (including phenoxy) is 1. The number of hydrogen-bond donors (Lipinski definition) is 1. The van der Waals surface area contributed by atoms with Gasteiger partial charge in [0.25, 0.3) is 0 Å². The minimum atomic E-state index is -0.416. The zero-order chi connectivity index (χ0) is 12.0. The third-order valence-electron chi connectivity index (χ3n) is 1.98. The van der Waals surface area contributed by atoms with Gasteiger partial charge in [-0.1, -0.05) is 0 Å². The van der Waals surface area contributed by atoms with Gasteiger partial charge in [-0.3, -0.25) is 0 Å². The van der Waals surface area contributed by atoms with Crippen LogP contribution in [-0.2, 0) is 4.74 Å². The fourth-order valence-corrected chi connectivity index (χ4v) is 1.90. The molecular formula is C11H16N2O2S. The number of thioether (sulfide) groups is 1. The van der Waals surface area contributed by atoms with Crippen LogP contribution in [0.25, 0.3) is 0 Å². The molecule has 0 spiro atoms. The average Bonchev–Trinajstić information content (AvgIpc) is 2.28. The molecule has 1 unspecified atom stereocenters. The fourth-order valence-electron chi connectivity index (χ4n) is 1.31. The minimum absolute atomic E-state index is 0.323. The van der Waals surface area contributed by atoms with Gasteiger partial charge < -0.3 is 10.1 Å². The number of aromatic nitrogens is 1. The van der Waals surface area contributed by atoms with Crippen molar-refractivity contribution in [2.75, 3.05) is 24.4 Å². The van der Waals surface area contributed by atoms with Crippen LogP contribution in [0.4, 0.5) is 5.69 Å². The standard InChI is InChI=1S/C11H16N2O2S/c1-8(7-16-3)13-9-4-5-12-10(6-9)11(14)15-2/h4-6,8H,7H2,1-3H3,(H,12,13). The summed E-state index contributed by atoms with van der Waals surface area (Å²) in [5.41, 5.74) is 1.21. The molecule has 0 saturated carbocycles. The summed E-state index contributed by atoms with van der Waals surface area (Å²) < 4.78 is 4.61. The summed E-state index contributed by atoms with van der Waals surface area (Å²) in [5.74, 6) is 0.594. The third kappa shape index (κ3) is 3.73. The van der Waals surface area contributed by atoms with E-state index in [4.69, 9.17) is 0 Å². The van der Waals surface area contributed by atoms with Crippen molar-refractivity contribution in [1.29, 1.82) is 0 Å². The Bertz CT molecular complexity index is 358. The lowest BCUT2D eigenvalue weighted by molar-refractivity contribution is 0.0594. The molecule has 5 heteroatoms. The first-order valence-electron chi connectivity index (χ1n) is 4.97. The second-order valence-electron chi connectivity index (χ2n) is 3.42. The Hall–Kier alpha value is -1.23. The van der Waals surface area contributed by atoms with Crippen molar-refractivity contribution in [3.05, 3.63) is 24.0 Å². The molecule has 0 aliphatic carbocycles. The number of anilines is 1. The van der Waals surface area contributed by atoms with E-state index in [9.17, 15) is 4.79 Å². The molecule has 1 rings (SSSR count). The maximum absolute atomic E-state index is 11.3. The number of hydrogen-bond acceptors (Lipinski definition) is 5. The second-order valence-corrected chi connectivity index (χ2v) is 4.33. The van der Waals surface area contributed by atoms with Crippen molar-refractivity contribution in [3.63, 3.8) is 0 Å². The first-order chi connectivity index (χ1) is 7.67. The van der Waals surface area contributed by atoms with Crippen molar-refractivity contribution in [2.45, 2.75) is 13.0 Å². The van der Waals surface area contributed by atoms with Crippen LogP contribution in [0.3, 0.4) is 0 Å². The predicted octanol–water partition coefficient (Wildman–Crippen LogP) is 2.03. The summed E-state index contributed by atoms with van der Waals surface area (Å²) in [6.45, 7) is 2.09. The fraction of sp³-hybridized carbons (Fsp3) is 0.455. The summed E-state index contributed by atoms with van der Waals surface area (Å²) in [6.07, 6.45) is 3.66. The van der Waals surface area contributed by atoms with Crippen molar-refractivity contribution in [1.82, 2.24) is 4.98 Å². The van der Waals surface area contributed by atoms with Crippen molar-refractivity contribution >= 4 is 23.4 Å². The highest BCUT2D eigenvalue weighted by molar-refractivity contribution is 7.98. The first-order valence-corrected chi connectivity index (χ1v) is 6.36. The molecule has 0 aromatic carbocycles. The lowest BCUT2D eigenvalue weighted by Gasteiger charge is -2.13. The van der Waals surface area contributed by atoms with Gasteiger partial charge in [0.2, 0.25) is 0 Å². The lowest BCUT2D eigenvalue weighted by atomic mass is 10.3. The Morgan fingerprint density at radius 1 is 1.69 bits per heavy atom. The van der Waals surface area contributed by atoms with E-state index in [-0.39, 0.29) is 0 Å². The maximum Gasteiger partial charge on any atom is 0.356 e. The molecule has 0 amide bonds. The zero-order valence-corrected chi connectivity index (χ0v) is 10.5. The van der Waals surface area contributed by atoms with Crippen LogP contribution < -0.4 is 5.32 Å². The van der Waals surface area contributed by atoms with E-state index in [1.54, 1.807) is 24.0 Å². The van der Waals surface area contributed by atoms with Gasteiger partial charge in [0.05, 0.1) is 7.11 Å². The average molecular weight is 240 g/mol. The Morgan fingerprint density at radius 2 is 2.44 bits per heavy atom. The van der Waals surface area contributed by atoms with E-state index in [0.717, 1.165) is 11.4 Å². The molecule has 0 aliphatic heterocycles. The molecule has 0 fully saturated rings. The summed E-state index contributed by atoms with van der Waals surface area (Å²) in [5, 5.41) is 3.29. The number of nitrogens with one attached hydrogen (secondary N) is 1. The van der Waals surface area contributed by atoms with Crippen LogP contribution in [0, 0.1) is 0 Å². The van der Waals surface area contributed by atoms with E-state index in [0.29, 0.717) is 11.7 Å². The molecule has 0 aliphatic rings. The quantitative estimate of drug-likeness (QED) is 0.798. The number of carbonyl (C=O) groups excluding carboxylic acids is 1. The number of methoxy groups -OCH3 is 1. The molecule has 0 radical (unpaired) electrons. The van der Waals surface area contributed by atoms with Gasteiger partial charge in [0, 0.05) is 23.7 Å². The van der Waals surface area contributed by atoms with Crippen LogP contribution in [0.2, 0.25) is 0 Å².